The molecule has 1 amide bonds. The van der Waals surface area contributed by atoms with Crippen molar-refractivity contribution in [1.29, 1.82) is 0 Å². The molecule has 4 rings (SSSR count). The Labute approximate surface area is 174 Å². The maximum Gasteiger partial charge on any atom is 0.220 e. The zero-order valence-electron chi connectivity index (χ0n) is 17.5. The summed E-state index contributed by atoms with van der Waals surface area (Å²) in [5.41, 5.74) is 3.77. The number of nitrogens with one attached hydrogen (secondary N) is 1. The summed E-state index contributed by atoms with van der Waals surface area (Å²) in [6.07, 6.45) is 6.55. The second-order valence-electron chi connectivity index (χ2n) is 8.68. The zero-order chi connectivity index (χ0) is 20.1. The summed E-state index contributed by atoms with van der Waals surface area (Å²) in [5, 5.41) is 3.11. The van der Waals surface area contributed by atoms with E-state index in [1.54, 1.807) is 0 Å². The Bertz CT molecular complexity index is 785. The van der Waals surface area contributed by atoms with Gasteiger partial charge in [0.25, 0.3) is 0 Å². The number of benzene rings is 2. The first-order valence-corrected chi connectivity index (χ1v) is 11.1. The number of nitrogens with zero attached hydrogens (tertiary/aromatic N) is 2. The maximum atomic E-state index is 12.0. The van der Waals surface area contributed by atoms with Gasteiger partial charge in [0, 0.05) is 44.0 Å². The van der Waals surface area contributed by atoms with Gasteiger partial charge >= 0.3 is 0 Å². The molecule has 1 heterocycles. The van der Waals surface area contributed by atoms with Gasteiger partial charge in [-0.05, 0) is 74.4 Å². The quantitative estimate of drug-likeness (QED) is 0.707. The lowest BCUT2D eigenvalue weighted by Crippen LogP contribution is -2.35. The molecule has 2 fully saturated rings. The van der Waals surface area contributed by atoms with E-state index >= 15 is 0 Å². The first-order chi connectivity index (χ1) is 14.2. The van der Waals surface area contributed by atoms with Crippen LogP contribution in [0.3, 0.4) is 0 Å². The summed E-state index contributed by atoms with van der Waals surface area (Å²) in [6, 6.07) is 19.9. The normalized spacial score (nSPS) is 19.7. The standard InChI is InChI=1S/C25H33N3O/c1-27(23-7-3-2-4-8-23)24-14-9-21(10-15-24)19-28-17-5-6-20(18-28)11-16-25(29)26-22-12-13-22/h2-4,7-10,14-15,20,22H,5-6,11-13,16-19H2,1H3,(H,26,29). The third-order valence-electron chi connectivity index (χ3n) is 6.20. The summed E-state index contributed by atoms with van der Waals surface area (Å²) in [6.45, 7) is 3.28. The highest BCUT2D eigenvalue weighted by Crippen LogP contribution is 2.26. The molecule has 4 heteroatoms. The van der Waals surface area contributed by atoms with Crippen LogP contribution in [0.25, 0.3) is 0 Å². The lowest BCUT2D eigenvalue weighted by Gasteiger charge is -2.33. The van der Waals surface area contributed by atoms with Gasteiger partial charge in [-0.1, -0.05) is 30.3 Å². The second kappa shape index (κ2) is 9.45. The molecule has 29 heavy (non-hydrogen) atoms. The molecule has 1 aliphatic heterocycles. The van der Waals surface area contributed by atoms with E-state index in [2.05, 4.69) is 70.7 Å². The van der Waals surface area contributed by atoms with Gasteiger partial charge in [0.2, 0.25) is 5.91 Å². The topological polar surface area (TPSA) is 35.6 Å². The predicted molar refractivity (Wildman–Crippen MR) is 119 cm³/mol. The van der Waals surface area contributed by atoms with Crippen LogP contribution < -0.4 is 10.2 Å². The fourth-order valence-electron chi connectivity index (χ4n) is 4.28. The van der Waals surface area contributed by atoms with Crippen molar-refractivity contribution in [3.8, 4) is 0 Å². The largest absolute Gasteiger partial charge is 0.353 e. The van der Waals surface area contributed by atoms with Crippen LogP contribution >= 0.6 is 0 Å². The molecule has 0 aromatic heterocycles. The van der Waals surface area contributed by atoms with Crippen LogP contribution in [0.4, 0.5) is 11.4 Å². The Kier molecular flexibility index (Phi) is 6.50. The number of piperidine rings is 1. The monoisotopic (exact) mass is 391 g/mol. The highest BCUT2D eigenvalue weighted by atomic mass is 16.1. The fourth-order valence-corrected chi connectivity index (χ4v) is 4.28. The first-order valence-electron chi connectivity index (χ1n) is 11.1. The minimum atomic E-state index is 0.253. The number of carbonyl (C=O) groups is 1. The maximum absolute atomic E-state index is 12.0. The molecule has 1 atom stereocenters. The minimum Gasteiger partial charge on any atom is -0.353 e. The lowest BCUT2D eigenvalue weighted by molar-refractivity contribution is -0.121. The van der Waals surface area contributed by atoms with Crippen molar-refractivity contribution in [2.45, 2.75) is 51.1 Å². The molecule has 154 valence electrons. The van der Waals surface area contributed by atoms with E-state index in [9.17, 15) is 4.79 Å². The molecular formula is C25H33N3O. The van der Waals surface area contributed by atoms with E-state index < -0.39 is 0 Å². The van der Waals surface area contributed by atoms with Crippen LogP contribution in [0.15, 0.2) is 54.6 Å². The van der Waals surface area contributed by atoms with Crippen molar-refractivity contribution >= 4 is 17.3 Å². The summed E-state index contributed by atoms with van der Waals surface area (Å²) < 4.78 is 0. The average Bonchev–Trinajstić information content (AvgIpc) is 3.57. The smallest absolute Gasteiger partial charge is 0.220 e. The van der Waals surface area contributed by atoms with Crippen LogP contribution in [0.2, 0.25) is 0 Å². The van der Waals surface area contributed by atoms with Crippen LogP contribution in [-0.2, 0) is 11.3 Å². The van der Waals surface area contributed by atoms with Gasteiger partial charge in [0.1, 0.15) is 0 Å². The SMILES string of the molecule is CN(c1ccccc1)c1ccc(CN2CCCC(CCC(=O)NC3CC3)C2)cc1. The van der Waals surface area contributed by atoms with Gasteiger partial charge < -0.3 is 10.2 Å². The van der Waals surface area contributed by atoms with Crippen molar-refractivity contribution in [2.75, 3.05) is 25.0 Å². The molecule has 0 bridgehead atoms. The molecule has 2 aromatic carbocycles. The van der Waals surface area contributed by atoms with Gasteiger partial charge in [0.05, 0.1) is 0 Å². The van der Waals surface area contributed by atoms with Crippen molar-refractivity contribution in [3.05, 3.63) is 60.2 Å². The third-order valence-corrected chi connectivity index (χ3v) is 6.20. The summed E-state index contributed by atoms with van der Waals surface area (Å²) in [4.78, 5) is 16.7. The van der Waals surface area contributed by atoms with E-state index in [0.717, 1.165) is 26.1 Å². The highest BCUT2D eigenvalue weighted by Gasteiger charge is 2.24. The van der Waals surface area contributed by atoms with Crippen molar-refractivity contribution in [2.24, 2.45) is 5.92 Å². The minimum absolute atomic E-state index is 0.253. The summed E-state index contributed by atoms with van der Waals surface area (Å²) in [5.74, 6) is 0.903. The Morgan fingerprint density at radius 2 is 1.76 bits per heavy atom. The van der Waals surface area contributed by atoms with Crippen LogP contribution in [-0.4, -0.2) is 37.0 Å². The number of para-hydroxylation sites is 1. The summed E-state index contributed by atoms with van der Waals surface area (Å²) in [7, 11) is 2.11. The lowest BCUT2D eigenvalue weighted by atomic mass is 9.93. The van der Waals surface area contributed by atoms with Crippen LogP contribution in [0.1, 0.15) is 44.1 Å². The molecule has 2 aliphatic rings. The molecule has 4 nitrogen and oxygen atoms in total. The van der Waals surface area contributed by atoms with Crippen molar-refractivity contribution in [1.82, 2.24) is 10.2 Å². The molecule has 1 unspecified atom stereocenters. The second-order valence-corrected chi connectivity index (χ2v) is 8.68. The van der Waals surface area contributed by atoms with Gasteiger partial charge in [-0.3, -0.25) is 9.69 Å². The van der Waals surface area contributed by atoms with E-state index in [1.807, 2.05) is 6.07 Å². The molecule has 0 radical (unpaired) electrons. The predicted octanol–water partition coefficient (Wildman–Crippen LogP) is 4.73. The molecule has 2 aromatic rings. The Balaban J connectivity index is 1.26. The van der Waals surface area contributed by atoms with E-state index in [0.29, 0.717) is 18.4 Å². The summed E-state index contributed by atoms with van der Waals surface area (Å²) >= 11 is 0. The van der Waals surface area contributed by atoms with Crippen molar-refractivity contribution in [3.63, 3.8) is 0 Å². The van der Waals surface area contributed by atoms with E-state index in [-0.39, 0.29) is 5.91 Å². The number of amides is 1. The molecule has 1 aliphatic carbocycles. The number of rotatable bonds is 8. The van der Waals surface area contributed by atoms with Gasteiger partial charge in [-0.15, -0.1) is 0 Å². The number of anilines is 2. The third kappa shape index (κ3) is 5.83. The fraction of sp³-hybridized carbons (Fsp3) is 0.480. The molecule has 1 N–H and O–H groups in total. The van der Waals surface area contributed by atoms with Gasteiger partial charge in [-0.2, -0.15) is 0 Å². The Hall–Kier alpha value is -2.33. The zero-order valence-corrected chi connectivity index (χ0v) is 17.5. The van der Waals surface area contributed by atoms with Crippen LogP contribution in [0, 0.1) is 5.92 Å². The molecular weight excluding hydrogens is 358 g/mol. The average molecular weight is 392 g/mol. The number of hydrogen-bond donors (Lipinski definition) is 1. The van der Waals surface area contributed by atoms with Crippen LogP contribution in [0.5, 0.6) is 0 Å². The number of hydrogen-bond acceptors (Lipinski definition) is 3. The molecule has 1 saturated heterocycles. The molecule has 1 saturated carbocycles. The van der Waals surface area contributed by atoms with E-state index in [4.69, 9.17) is 0 Å². The van der Waals surface area contributed by atoms with Gasteiger partial charge in [0.15, 0.2) is 0 Å². The number of carbonyl (C=O) groups excluding carboxylic acids is 1. The first kappa shape index (κ1) is 20.0. The van der Waals surface area contributed by atoms with E-state index in [1.165, 1.54) is 42.6 Å². The number of likely N-dealkylation sites (tertiary alicyclic amines) is 1. The van der Waals surface area contributed by atoms with Crippen molar-refractivity contribution < 1.29 is 4.79 Å². The Morgan fingerprint density at radius 1 is 1.03 bits per heavy atom. The van der Waals surface area contributed by atoms with Gasteiger partial charge in [-0.25, -0.2) is 0 Å². The highest BCUT2D eigenvalue weighted by molar-refractivity contribution is 5.76. The molecule has 0 spiro atoms. The Morgan fingerprint density at radius 3 is 2.48 bits per heavy atom.